The lowest BCUT2D eigenvalue weighted by Gasteiger charge is -2.38. The molecule has 2 fully saturated rings. The van der Waals surface area contributed by atoms with Gasteiger partial charge in [0.1, 0.15) is 37.9 Å². The predicted octanol–water partition coefficient (Wildman–Crippen LogP) is 7.64. The Bertz CT molecular complexity index is 1320. The van der Waals surface area contributed by atoms with Gasteiger partial charge in [0.25, 0.3) is 0 Å². The average molecular weight is 665 g/mol. The summed E-state index contributed by atoms with van der Waals surface area (Å²) in [5.74, 6) is 3.30. The van der Waals surface area contributed by atoms with E-state index in [0.717, 1.165) is 28.9 Å². The van der Waals surface area contributed by atoms with Crippen molar-refractivity contribution in [3.63, 3.8) is 0 Å². The minimum absolute atomic E-state index is 0.00801. The lowest BCUT2D eigenvalue weighted by Crippen LogP contribution is -2.31. The number of carbonyl (C=O) groups is 2. The SMILES string of the molecule is C=C(CO)C(=O)OCCOc1cc(OCCOC(=O)C(C)(C)CO)cc(-c2ccc(C3CCC(C4CCC(CCC)CC4)CC3)cc2)c1. The molecule has 0 spiro atoms. The summed E-state index contributed by atoms with van der Waals surface area (Å²) in [7, 11) is 0. The molecule has 0 heterocycles. The van der Waals surface area contributed by atoms with E-state index in [1.165, 1.54) is 69.8 Å². The molecule has 8 nitrogen and oxygen atoms in total. The normalized spacial score (nSPS) is 21.3. The minimum Gasteiger partial charge on any atom is -0.490 e. The summed E-state index contributed by atoms with van der Waals surface area (Å²) in [6, 6.07) is 14.4. The molecule has 0 atom stereocenters. The van der Waals surface area contributed by atoms with Crippen molar-refractivity contribution in [3.8, 4) is 22.6 Å². The van der Waals surface area contributed by atoms with Crippen molar-refractivity contribution in [1.82, 2.24) is 0 Å². The molecule has 4 rings (SSSR count). The van der Waals surface area contributed by atoms with Gasteiger partial charge in [0.15, 0.2) is 0 Å². The quantitative estimate of drug-likeness (QED) is 0.101. The summed E-state index contributed by atoms with van der Waals surface area (Å²) in [5, 5.41) is 18.5. The lowest BCUT2D eigenvalue weighted by atomic mass is 9.68. The molecule has 2 aliphatic rings. The molecule has 0 saturated heterocycles. The molecule has 264 valence electrons. The summed E-state index contributed by atoms with van der Waals surface area (Å²) in [6.45, 7) is 8.51. The van der Waals surface area contributed by atoms with Crippen LogP contribution in [0.2, 0.25) is 0 Å². The van der Waals surface area contributed by atoms with Gasteiger partial charge in [-0.3, -0.25) is 4.79 Å². The van der Waals surface area contributed by atoms with Crippen LogP contribution in [0.4, 0.5) is 0 Å². The maximum atomic E-state index is 12.2. The molecule has 0 amide bonds. The van der Waals surface area contributed by atoms with Crippen LogP contribution >= 0.6 is 0 Å². The maximum absolute atomic E-state index is 12.2. The highest BCUT2D eigenvalue weighted by atomic mass is 16.6. The Hall–Kier alpha value is -3.36. The zero-order valence-electron chi connectivity index (χ0n) is 29.2. The van der Waals surface area contributed by atoms with Crippen LogP contribution in [0.25, 0.3) is 11.1 Å². The Morgan fingerprint density at radius 1 is 0.771 bits per heavy atom. The van der Waals surface area contributed by atoms with Gasteiger partial charge in [-0.25, -0.2) is 4.79 Å². The first-order chi connectivity index (χ1) is 23.1. The van der Waals surface area contributed by atoms with Crippen molar-refractivity contribution in [3.05, 3.63) is 60.2 Å². The van der Waals surface area contributed by atoms with Gasteiger partial charge in [-0.1, -0.05) is 63.5 Å². The first-order valence-electron chi connectivity index (χ1n) is 17.9. The van der Waals surface area contributed by atoms with E-state index < -0.39 is 24.0 Å². The highest BCUT2D eigenvalue weighted by Gasteiger charge is 2.31. The number of benzene rings is 2. The molecule has 2 saturated carbocycles. The topological polar surface area (TPSA) is 112 Å². The van der Waals surface area contributed by atoms with Gasteiger partial charge in [0.05, 0.1) is 24.2 Å². The third-order valence-electron chi connectivity index (χ3n) is 10.2. The van der Waals surface area contributed by atoms with Crippen LogP contribution < -0.4 is 9.47 Å². The van der Waals surface area contributed by atoms with Gasteiger partial charge in [-0.2, -0.15) is 0 Å². The van der Waals surface area contributed by atoms with Gasteiger partial charge < -0.3 is 29.2 Å². The van der Waals surface area contributed by atoms with Crippen molar-refractivity contribution in [2.75, 3.05) is 39.6 Å². The van der Waals surface area contributed by atoms with E-state index in [9.17, 15) is 14.7 Å². The van der Waals surface area contributed by atoms with Gasteiger partial charge in [-0.05, 0) is 105 Å². The molecule has 0 aliphatic heterocycles. The van der Waals surface area contributed by atoms with E-state index >= 15 is 0 Å². The number of hydrogen-bond acceptors (Lipinski definition) is 8. The summed E-state index contributed by atoms with van der Waals surface area (Å²) in [5.41, 5.74) is 2.32. The highest BCUT2D eigenvalue weighted by molar-refractivity contribution is 5.87. The third-order valence-corrected chi connectivity index (χ3v) is 10.2. The number of esters is 2. The van der Waals surface area contributed by atoms with Crippen molar-refractivity contribution < 1.29 is 38.7 Å². The van der Waals surface area contributed by atoms with Crippen LogP contribution in [0.1, 0.15) is 96.5 Å². The van der Waals surface area contributed by atoms with Gasteiger partial charge in [0.2, 0.25) is 0 Å². The molecule has 0 unspecified atom stereocenters. The second kappa shape index (κ2) is 18.4. The van der Waals surface area contributed by atoms with E-state index in [4.69, 9.17) is 24.1 Å². The number of hydrogen-bond donors (Lipinski definition) is 2. The van der Waals surface area contributed by atoms with E-state index in [1.54, 1.807) is 19.9 Å². The largest absolute Gasteiger partial charge is 0.490 e. The Labute approximate surface area is 286 Å². The zero-order valence-corrected chi connectivity index (χ0v) is 29.2. The van der Waals surface area contributed by atoms with Crippen LogP contribution in [0.3, 0.4) is 0 Å². The molecule has 0 bridgehead atoms. The number of rotatable bonds is 17. The fraction of sp³-hybridized carbons (Fsp3) is 0.600. The molecule has 2 aromatic carbocycles. The van der Waals surface area contributed by atoms with Crippen molar-refractivity contribution >= 4 is 11.9 Å². The molecule has 8 heteroatoms. The van der Waals surface area contributed by atoms with Crippen LogP contribution in [0, 0.1) is 23.2 Å². The summed E-state index contributed by atoms with van der Waals surface area (Å²) < 4.78 is 22.3. The number of carbonyl (C=O) groups excluding carboxylic acids is 2. The summed E-state index contributed by atoms with van der Waals surface area (Å²) in [4.78, 5) is 24.0. The smallest absolute Gasteiger partial charge is 0.335 e. The molecule has 48 heavy (non-hydrogen) atoms. The number of aliphatic hydroxyl groups excluding tert-OH is 2. The van der Waals surface area contributed by atoms with E-state index in [0.29, 0.717) is 17.4 Å². The molecular formula is C40H56O8. The predicted molar refractivity (Wildman–Crippen MR) is 187 cm³/mol. The molecule has 0 radical (unpaired) electrons. The minimum atomic E-state index is -0.979. The molecule has 0 aromatic heterocycles. The van der Waals surface area contributed by atoms with Crippen LogP contribution in [-0.4, -0.2) is 61.8 Å². The van der Waals surface area contributed by atoms with Gasteiger partial charge in [0, 0.05) is 6.07 Å². The standard InChI is InChI=1S/C40H56O8/c1-5-6-29-7-9-30(10-8-29)31-11-13-32(14-12-31)33-15-17-34(18-16-33)35-23-36(45-19-21-47-38(43)28(2)26-41)25-37(24-35)46-20-22-48-39(44)40(3,4)27-42/h15-18,23-25,29-32,41-42H,2,5-14,19-22,26-27H2,1,3-4H3. The van der Waals surface area contributed by atoms with Gasteiger partial charge in [-0.15, -0.1) is 0 Å². The third kappa shape index (κ3) is 10.8. The first kappa shape index (κ1) is 37.5. The number of aliphatic hydroxyl groups is 2. The molecule has 2 aliphatic carbocycles. The Balaban J connectivity index is 1.37. The van der Waals surface area contributed by atoms with Crippen LogP contribution in [0.5, 0.6) is 11.5 Å². The summed E-state index contributed by atoms with van der Waals surface area (Å²) in [6.07, 6.45) is 13.7. The molecule has 2 N–H and O–H groups in total. The number of ether oxygens (including phenoxy) is 4. The maximum Gasteiger partial charge on any atom is 0.335 e. The fourth-order valence-electron chi connectivity index (χ4n) is 7.15. The average Bonchev–Trinajstić information content (AvgIpc) is 3.12. The van der Waals surface area contributed by atoms with E-state index in [1.807, 2.05) is 12.1 Å². The molecular weight excluding hydrogens is 608 g/mol. The first-order valence-corrected chi connectivity index (χ1v) is 17.9. The second-order valence-corrected chi connectivity index (χ2v) is 14.3. The Morgan fingerprint density at radius 2 is 1.33 bits per heavy atom. The van der Waals surface area contributed by atoms with E-state index in [-0.39, 0.29) is 38.6 Å². The second-order valence-electron chi connectivity index (χ2n) is 14.3. The zero-order chi connectivity index (χ0) is 34.5. The van der Waals surface area contributed by atoms with Gasteiger partial charge >= 0.3 is 11.9 Å². The van der Waals surface area contributed by atoms with Crippen molar-refractivity contribution in [1.29, 1.82) is 0 Å². The monoisotopic (exact) mass is 664 g/mol. The lowest BCUT2D eigenvalue weighted by molar-refractivity contribution is -0.156. The fourth-order valence-corrected chi connectivity index (χ4v) is 7.15. The van der Waals surface area contributed by atoms with Crippen molar-refractivity contribution in [2.45, 2.75) is 90.9 Å². The molecule has 2 aromatic rings. The van der Waals surface area contributed by atoms with Crippen LogP contribution in [-0.2, 0) is 19.1 Å². The van der Waals surface area contributed by atoms with Crippen molar-refractivity contribution in [2.24, 2.45) is 23.2 Å². The van der Waals surface area contributed by atoms with E-state index in [2.05, 4.69) is 37.8 Å². The summed E-state index contributed by atoms with van der Waals surface area (Å²) >= 11 is 0. The Kier molecular flexibility index (Phi) is 14.4. The van der Waals surface area contributed by atoms with Crippen LogP contribution in [0.15, 0.2) is 54.6 Å². The highest BCUT2D eigenvalue weighted by Crippen LogP contribution is 2.44. The Morgan fingerprint density at radius 3 is 1.88 bits per heavy atom.